The predicted molar refractivity (Wildman–Crippen MR) is 125 cm³/mol. The van der Waals surface area contributed by atoms with Gasteiger partial charge in [-0.25, -0.2) is 15.0 Å². The second kappa shape index (κ2) is 7.83. The van der Waals surface area contributed by atoms with E-state index in [0.717, 1.165) is 28.3 Å². The molecular weight excluding hydrogens is 366 g/mol. The quantitative estimate of drug-likeness (QED) is 0.388. The zero-order valence-corrected chi connectivity index (χ0v) is 18.5. The maximum absolute atomic E-state index is 4.93. The highest BCUT2D eigenvalue weighted by atomic mass is 15.0. The number of benzene rings is 3. The zero-order valence-electron chi connectivity index (χ0n) is 18.5. The Labute approximate surface area is 178 Å². The van der Waals surface area contributed by atoms with Crippen molar-refractivity contribution in [1.82, 2.24) is 15.0 Å². The van der Waals surface area contributed by atoms with Crippen molar-refractivity contribution in [3.63, 3.8) is 0 Å². The molecule has 0 saturated carbocycles. The number of hydrogen-bond donors (Lipinski definition) is 0. The lowest BCUT2D eigenvalue weighted by Gasteiger charge is -2.13. The number of rotatable bonds is 3. The fourth-order valence-electron chi connectivity index (χ4n) is 3.84. The SMILES string of the molecule is Cc1cc(C)cc(-c2nc(-c3cccc(C)c3C)nc(-c3cccc(C)c3C)n2)c1. The van der Waals surface area contributed by atoms with Crippen molar-refractivity contribution in [2.75, 3.05) is 0 Å². The van der Waals surface area contributed by atoms with Gasteiger partial charge in [0.05, 0.1) is 0 Å². The molecule has 0 aliphatic carbocycles. The summed E-state index contributed by atoms with van der Waals surface area (Å²) in [6.45, 7) is 12.7. The van der Waals surface area contributed by atoms with E-state index in [-0.39, 0.29) is 0 Å². The van der Waals surface area contributed by atoms with Gasteiger partial charge in [-0.15, -0.1) is 0 Å². The monoisotopic (exact) mass is 393 g/mol. The molecule has 0 aliphatic rings. The maximum atomic E-state index is 4.93. The van der Waals surface area contributed by atoms with Crippen LogP contribution in [0.3, 0.4) is 0 Å². The minimum Gasteiger partial charge on any atom is -0.208 e. The Balaban J connectivity index is 2.01. The normalized spacial score (nSPS) is 11.0. The van der Waals surface area contributed by atoms with Crippen molar-refractivity contribution in [3.05, 3.63) is 88.0 Å². The average molecular weight is 394 g/mol. The van der Waals surface area contributed by atoms with Gasteiger partial charge in [0, 0.05) is 16.7 Å². The lowest BCUT2D eigenvalue weighted by molar-refractivity contribution is 1.06. The van der Waals surface area contributed by atoms with Crippen LogP contribution in [0.5, 0.6) is 0 Å². The molecule has 3 aromatic carbocycles. The fraction of sp³-hybridized carbons (Fsp3) is 0.222. The molecule has 0 unspecified atom stereocenters. The smallest absolute Gasteiger partial charge is 0.164 e. The van der Waals surface area contributed by atoms with Crippen LogP contribution in [0.4, 0.5) is 0 Å². The zero-order chi connectivity index (χ0) is 21.4. The Morgan fingerprint density at radius 1 is 0.500 bits per heavy atom. The number of aromatic nitrogens is 3. The Morgan fingerprint density at radius 3 is 1.40 bits per heavy atom. The summed E-state index contributed by atoms with van der Waals surface area (Å²) in [6, 6.07) is 19.0. The van der Waals surface area contributed by atoms with Crippen LogP contribution in [0.1, 0.15) is 33.4 Å². The molecule has 0 saturated heterocycles. The molecule has 0 spiro atoms. The molecule has 1 heterocycles. The number of nitrogens with zero attached hydrogens (tertiary/aromatic N) is 3. The Hall–Kier alpha value is -3.33. The Bertz CT molecular complexity index is 1170. The molecule has 0 fully saturated rings. The summed E-state index contributed by atoms with van der Waals surface area (Å²) in [4.78, 5) is 14.8. The van der Waals surface area contributed by atoms with E-state index in [9.17, 15) is 0 Å². The first-order chi connectivity index (χ1) is 14.3. The van der Waals surface area contributed by atoms with Crippen molar-refractivity contribution in [2.45, 2.75) is 41.5 Å². The second-order valence-electron chi connectivity index (χ2n) is 8.18. The van der Waals surface area contributed by atoms with Gasteiger partial charge in [-0.2, -0.15) is 0 Å². The summed E-state index contributed by atoms with van der Waals surface area (Å²) < 4.78 is 0. The van der Waals surface area contributed by atoms with E-state index >= 15 is 0 Å². The summed E-state index contributed by atoms with van der Waals surface area (Å²) in [6.07, 6.45) is 0. The van der Waals surface area contributed by atoms with Crippen LogP contribution in [0.2, 0.25) is 0 Å². The molecule has 150 valence electrons. The van der Waals surface area contributed by atoms with E-state index in [0.29, 0.717) is 5.82 Å². The van der Waals surface area contributed by atoms with E-state index in [1.807, 2.05) is 0 Å². The molecular formula is C27H27N3. The van der Waals surface area contributed by atoms with Gasteiger partial charge in [-0.3, -0.25) is 0 Å². The van der Waals surface area contributed by atoms with Crippen LogP contribution in [0, 0.1) is 41.5 Å². The van der Waals surface area contributed by atoms with E-state index in [1.54, 1.807) is 0 Å². The van der Waals surface area contributed by atoms with Gasteiger partial charge >= 0.3 is 0 Å². The molecule has 0 atom stereocenters. The topological polar surface area (TPSA) is 38.7 Å². The first-order valence-electron chi connectivity index (χ1n) is 10.3. The third-order valence-electron chi connectivity index (χ3n) is 5.81. The fourth-order valence-corrected chi connectivity index (χ4v) is 3.84. The average Bonchev–Trinajstić information content (AvgIpc) is 2.71. The molecule has 1 aromatic heterocycles. The molecule has 30 heavy (non-hydrogen) atoms. The van der Waals surface area contributed by atoms with Crippen LogP contribution < -0.4 is 0 Å². The summed E-state index contributed by atoms with van der Waals surface area (Å²) >= 11 is 0. The van der Waals surface area contributed by atoms with E-state index < -0.39 is 0 Å². The number of aryl methyl sites for hydroxylation is 4. The van der Waals surface area contributed by atoms with Gasteiger partial charge in [0.2, 0.25) is 0 Å². The van der Waals surface area contributed by atoms with Crippen LogP contribution >= 0.6 is 0 Å². The summed E-state index contributed by atoms with van der Waals surface area (Å²) in [5, 5.41) is 0. The third kappa shape index (κ3) is 3.76. The minimum atomic E-state index is 0.712. The van der Waals surface area contributed by atoms with E-state index in [2.05, 4.69) is 96.1 Å². The van der Waals surface area contributed by atoms with Crippen LogP contribution in [-0.4, -0.2) is 15.0 Å². The molecule has 3 heteroatoms. The van der Waals surface area contributed by atoms with Crippen molar-refractivity contribution < 1.29 is 0 Å². The van der Waals surface area contributed by atoms with Crippen molar-refractivity contribution in [1.29, 1.82) is 0 Å². The molecule has 0 N–H and O–H groups in total. The van der Waals surface area contributed by atoms with E-state index in [1.165, 1.54) is 33.4 Å². The van der Waals surface area contributed by atoms with Gasteiger partial charge in [-0.1, -0.05) is 53.6 Å². The molecule has 4 rings (SSSR count). The number of hydrogen-bond acceptors (Lipinski definition) is 3. The third-order valence-corrected chi connectivity index (χ3v) is 5.81. The summed E-state index contributed by atoms with van der Waals surface area (Å²) in [5.41, 5.74) is 10.4. The van der Waals surface area contributed by atoms with Gasteiger partial charge in [0.25, 0.3) is 0 Å². The van der Waals surface area contributed by atoms with E-state index in [4.69, 9.17) is 15.0 Å². The molecule has 0 aliphatic heterocycles. The second-order valence-corrected chi connectivity index (χ2v) is 8.18. The van der Waals surface area contributed by atoms with Crippen LogP contribution in [0.15, 0.2) is 54.6 Å². The molecule has 0 amide bonds. The standard InChI is InChI=1S/C27H27N3/c1-16-13-17(2)15-22(14-16)25-28-26(23-11-7-9-18(3)20(23)5)30-27(29-25)24-12-8-10-19(4)21(24)6/h7-15H,1-6H3. The van der Waals surface area contributed by atoms with Crippen LogP contribution in [-0.2, 0) is 0 Å². The molecule has 3 nitrogen and oxygen atoms in total. The highest BCUT2D eigenvalue weighted by molar-refractivity contribution is 5.70. The predicted octanol–water partition coefficient (Wildman–Crippen LogP) is 6.72. The lowest BCUT2D eigenvalue weighted by atomic mass is 10.0. The van der Waals surface area contributed by atoms with Crippen molar-refractivity contribution in [3.8, 4) is 34.2 Å². The van der Waals surface area contributed by atoms with Crippen LogP contribution in [0.25, 0.3) is 34.2 Å². The van der Waals surface area contributed by atoms with Crippen molar-refractivity contribution >= 4 is 0 Å². The molecule has 0 bridgehead atoms. The Kier molecular flexibility index (Phi) is 5.21. The maximum Gasteiger partial charge on any atom is 0.164 e. The molecule has 4 aromatic rings. The summed E-state index contributed by atoms with van der Waals surface area (Å²) in [7, 11) is 0. The van der Waals surface area contributed by atoms with Crippen molar-refractivity contribution in [2.24, 2.45) is 0 Å². The largest absolute Gasteiger partial charge is 0.208 e. The first kappa shape index (κ1) is 20.0. The van der Waals surface area contributed by atoms with Gasteiger partial charge in [-0.05, 0) is 75.9 Å². The van der Waals surface area contributed by atoms with Gasteiger partial charge in [0.15, 0.2) is 17.5 Å². The highest BCUT2D eigenvalue weighted by Crippen LogP contribution is 2.30. The first-order valence-corrected chi connectivity index (χ1v) is 10.3. The Morgan fingerprint density at radius 2 is 0.933 bits per heavy atom. The summed E-state index contributed by atoms with van der Waals surface area (Å²) in [5.74, 6) is 2.15. The van der Waals surface area contributed by atoms with Gasteiger partial charge < -0.3 is 0 Å². The lowest BCUT2D eigenvalue weighted by Crippen LogP contribution is -2.03. The highest BCUT2D eigenvalue weighted by Gasteiger charge is 2.16. The molecule has 0 radical (unpaired) electrons. The minimum absolute atomic E-state index is 0.712. The van der Waals surface area contributed by atoms with Gasteiger partial charge in [0.1, 0.15) is 0 Å².